The minimum absolute atomic E-state index is 0.0682. The van der Waals surface area contributed by atoms with Crippen molar-refractivity contribution >= 4 is 27.5 Å². The third-order valence-electron chi connectivity index (χ3n) is 6.27. The van der Waals surface area contributed by atoms with E-state index in [0.29, 0.717) is 13.1 Å². The van der Waals surface area contributed by atoms with Crippen molar-refractivity contribution in [3.8, 4) is 11.3 Å². The average Bonchev–Trinajstić information content (AvgIpc) is 3.27. The van der Waals surface area contributed by atoms with Crippen molar-refractivity contribution in [1.82, 2.24) is 9.97 Å². The zero-order valence-electron chi connectivity index (χ0n) is 17.1. The Balaban J connectivity index is 1.63. The third-order valence-corrected chi connectivity index (χ3v) is 6.27. The van der Waals surface area contributed by atoms with Gasteiger partial charge in [-0.2, -0.15) is 0 Å². The van der Waals surface area contributed by atoms with Gasteiger partial charge >= 0.3 is 0 Å². The molecule has 5 heteroatoms. The molecule has 2 heterocycles. The molecule has 30 heavy (non-hydrogen) atoms. The van der Waals surface area contributed by atoms with E-state index in [0.717, 1.165) is 29.6 Å². The summed E-state index contributed by atoms with van der Waals surface area (Å²) in [5.74, 6) is 0. The number of anilines is 1. The number of rotatable bonds is 6. The van der Waals surface area contributed by atoms with Crippen LogP contribution in [0.25, 0.3) is 33.1 Å². The number of H-pyrrole nitrogens is 1. The molecule has 0 bridgehead atoms. The Morgan fingerprint density at radius 3 is 2.33 bits per heavy atom. The molecule has 0 radical (unpaired) electrons. The lowest BCUT2D eigenvalue weighted by Gasteiger charge is -2.25. The maximum Gasteiger partial charge on any atom is 0.0710 e. The fourth-order valence-corrected chi connectivity index (χ4v) is 4.88. The molecule has 0 unspecified atom stereocenters. The molecule has 2 aromatic carbocycles. The number of fused-ring (bicyclic) bond motifs is 5. The minimum atomic E-state index is 0.0682. The van der Waals surface area contributed by atoms with Crippen LogP contribution in [0.15, 0.2) is 48.7 Å². The average molecular weight is 402 g/mol. The maximum atomic E-state index is 9.32. The van der Waals surface area contributed by atoms with Gasteiger partial charge in [0.05, 0.1) is 18.7 Å². The lowest BCUT2D eigenvalue weighted by molar-refractivity contribution is 0.281. The van der Waals surface area contributed by atoms with E-state index >= 15 is 0 Å². The highest BCUT2D eigenvalue weighted by molar-refractivity contribution is 6.08. The summed E-state index contributed by atoms with van der Waals surface area (Å²) in [6.07, 6.45) is 6.54. The van der Waals surface area contributed by atoms with Crippen LogP contribution in [0, 0.1) is 0 Å². The first-order chi connectivity index (χ1) is 14.8. The fraction of sp³-hybridized carbons (Fsp3) is 0.320. The monoisotopic (exact) mass is 401 g/mol. The largest absolute Gasteiger partial charge is 0.395 e. The van der Waals surface area contributed by atoms with Crippen molar-refractivity contribution in [2.75, 3.05) is 31.2 Å². The van der Waals surface area contributed by atoms with Crippen LogP contribution in [0.3, 0.4) is 0 Å². The Bertz CT molecular complexity index is 1170. The predicted molar refractivity (Wildman–Crippen MR) is 122 cm³/mol. The second-order valence-corrected chi connectivity index (χ2v) is 8.01. The molecule has 4 aromatic rings. The number of nitrogens with zero attached hydrogens (tertiary/aromatic N) is 2. The molecule has 0 atom stereocenters. The van der Waals surface area contributed by atoms with Gasteiger partial charge in [-0.3, -0.25) is 4.98 Å². The number of aliphatic hydroxyl groups is 2. The second kappa shape index (κ2) is 8.09. The first-order valence-electron chi connectivity index (χ1n) is 10.8. The zero-order chi connectivity index (χ0) is 20.5. The number of hydrogen-bond acceptors (Lipinski definition) is 4. The van der Waals surface area contributed by atoms with E-state index in [4.69, 9.17) is 0 Å². The van der Waals surface area contributed by atoms with Crippen LogP contribution < -0.4 is 4.90 Å². The van der Waals surface area contributed by atoms with Crippen LogP contribution in [-0.4, -0.2) is 46.5 Å². The number of aromatic nitrogens is 2. The van der Waals surface area contributed by atoms with Crippen molar-refractivity contribution in [3.63, 3.8) is 0 Å². The van der Waals surface area contributed by atoms with E-state index in [2.05, 4.69) is 52.4 Å². The van der Waals surface area contributed by atoms with Crippen LogP contribution in [0.4, 0.5) is 5.69 Å². The Morgan fingerprint density at radius 1 is 0.867 bits per heavy atom. The topological polar surface area (TPSA) is 72.4 Å². The molecule has 0 saturated heterocycles. The Hall–Kier alpha value is -2.89. The van der Waals surface area contributed by atoms with E-state index in [1.165, 1.54) is 46.0 Å². The standard InChI is InChI=1S/C25H27N3O2/c29-15-13-28(14-16-30)18-7-5-17(6-8-18)25-20-4-2-1-3-19(20)24-21-11-12-26-22(21)9-10-23(24)27-25/h5-12,27,29-30H,1-4,13-16H2. The highest BCUT2D eigenvalue weighted by Crippen LogP contribution is 2.38. The van der Waals surface area contributed by atoms with E-state index in [-0.39, 0.29) is 13.2 Å². The van der Waals surface area contributed by atoms with Crippen LogP contribution in [0.2, 0.25) is 0 Å². The first-order valence-corrected chi connectivity index (χ1v) is 10.8. The Kier molecular flexibility index (Phi) is 5.15. The molecular formula is C25H27N3O2. The van der Waals surface area contributed by atoms with E-state index in [9.17, 15) is 10.2 Å². The van der Waals surface area contributed by atoms with E-state index in [1.54, 1.807) is 0 Å². The third kappa shape index (κ3) is 3.24. The number of hydrogen-bond donors (Lipinski definition) is 3. The smallest absolute Gasteiger partial charge is 0.0710 e. The Morgan fingerprint density at radius 2 is 1.60 bits per heavy atom. The van der Waals surface area contributed by atoms with Crippen molar-refractivity contribution in [3.05, 3.63) is 59.8 Å². The quantitative estimate of drug-likeness (QED) is 0.456. The molecule has 3 N–H and O–H groups in total. The van der Waals surface area contributed by atoms with Crippen molar-refractivity contribution in [2.24, 2.45) is 0 Å². The summed E-state index contributed by atoms with van der Waals surface area (Å²) in [5, 5.41) is 21.2. The van der Waals surface area contributed by atoms with Gasteiger partial charge in [0.1, 0.15) is 0 Å². The van der Waals surface area contributed by atoms with Crippen molar-refractivity contribution in [1.29, 1.82) is 0 Å². The molecule has 2 aromatic heterocycles. The summed E-state index contributed by atoms with van der Waals surface area (Å²) in [5.41, 5.74) is 8.52. The van der Waals surface area contributed by atoms with Crippen LogP contribution in [-0.2, 0) is 12.8 Å². The van der Waals surface area contributed by atoms with Gasteiger partial charge in [0.15, 0.2) is 0 Å². The molecular weight excluding hydrogens is 374 g/mol. The van der Waals surface area contributed by atoms with Gasteiger partial charge < -0.3 is 20.1 Å². The second-order valence-electron chi connectivity index (χ2n) is 8.01. The maximum absolute atomic E-state index is 9.32. The van der Waals surface area contributed by atoms with Crippen LogP contribution in [0.1, 0.15) is 24.0 Å². The number of aryl methyl sites for hydroxylation is 1. The van der Waals surface area contributed by atoms with Crippen LogP contribution in [0.5, 0.6) is 0 Å². The van der Waals surface area contributed by atoms with Gasteiger partial charge in [0.2, 0.25) is 0 Å². The van der Waals surface area contributed by atoms with Gasteiger partial charge in [0, 0.05) is 47.0 Å². The van der Waals surface area contributed by atoms with Gasteiger partial charge in [-0.25, -0.2) is 0 Å². The molecule has 0 saturated carbocycles. The highest BCUT2D eigenvalue weighted by atomic mass is 16.3. The van der Waals surface area contributed by atoms with Crippen LogP contribution >= 0.6 is 0 Å². The summed E-state index contributed by atoms with van der Waals surface area (Å²) < 4.78 is 0. The molecule has 0 amide bonds. The minimum Gasteiger partial charge on any atom is -0.395 e. The Labute approximate surface area is 176 Å². The number of aromatic amines is 1. The van der Waals surface area contributed by atoms with E-state index < -0.39 is 0 Å². The van der Waals surface area contributed by atoms with E-state index in [1.807, 2.05) is 11.1 Å². The molecule has 0 aliphatic heterocycles. The number of benzene rings is 2. The number of nitrogens with one attached hydrogen (secondary N) is 1. The highest BCUT2D eigenvalue weighted by Gasteiger charge is 2.20. The molecule has 0 spiro atoms. The van der Waals surface area contributed by atoms with Crippen molar-refractivity contribution in [2.45, 2.75) is 25.7 Å². The molecule has 5 nitrogen and oxygen atoms in total. The lowest BCUT2D eigenvalue weighted by Crippen LogP contribution is -2.29. The molecule has 154 valence electrons. The molecule has 5 rings (SSSR count). The summed E-state index contributed by atoms with van der Waals surface area (Å²) >= 11 is 0. The summed E-state index contributed by atoms with van der Waals surface area (Å²) in [7, 11) is 0. The summed E-state index contributed by atoms with van der Waals surface area (Å²) in [6.45, 7) is 1.17. The summed E-state index contributed by atoms with van der Waals surface area (Å²) in [6, 6.07) is 14.8. The number of pyridine rings is 1. The SMILES string of the molecule is OCCN(CCO)c1ccc(-c2[nH]c3ccc4nccc4c3c3c2CCCC3)cc1. The lowest BCUT2D eigenvalue weighted by atomic mass is 9.85. The number of aliphatic hydroxyl groups excluding tert-OH is 2. The zero-order valence-corrected chi connectivity index (χ0v) is 17.1. The van der Waals surface area contributed by atoms with Gasteiger partial charge in [-0.05, 0) is 72.7 Å². The normalized spacial score (nSPS) is 13.7. The van der Waals surface area contributed by atoms with Gasteiger partial charge in [0.25, 0.3) is 0 Å². The molecule has 1 aliphatic carbocycles. The van der Waals surface area contributed by atoms with Crippen molar-refractivity contribution < 1.29 is 10.2 Å². The first kappa shape index (κ1) is 19.1. The van der Waals surface area contributed by atoms with Gasteiger partial charge in [-0.15, -0.1) is 0 Å². The predicted octanol–water partition coefficient (Wildman–Crippen LogP) is 4.05. The molecule has 1 aliphatic rings. The molecule has 0 fully saturated rings. The fourth-order valence-electron chi connectivity index (χ4n) is 4.88. The summed E-state index contributed by atoms with van der Waals surface area (Å²) in [4.78, 5) is 10.2. The van der Waals surface area contributed by atoms with Gasteiger partial charge in [-0.1, -0.05) is 12.1 Å².